The van der Waals surface area contributed by atoms with Crippen LogP contribution in [0.25, 0.3) is 10.9 Å². The van der Waals surface area contributed by atoms with Gasteiger partial charge in [-0.05, 0) is 60.7 Å². The standard InChI is InChI=1S/C29H23FN4O5/c1-36-26-15-21-23(16-27(26)37-2)31-14-13-24(21)38-19-9-7-18(8-10-19)33-29(35)34-28-12-11-20(17-32-28)39-25-6-4-3-5-22(25)30/h3-17H,1-2H3,(H2,32,33,34,35). The molecule has 5 rings (SSSR count). The van der Waals surface area contributed by atoms with Gasteiger partial charge in [-0.1, -0.05) is 12.1 Å². The van der Waals surface area contributed by atoms with E-state index >= 15 is 0 Å². The predicted octanol–water partition coefficient (Wildman–Crippen LogP) is 7.01. The fourth-order valence-electron chi connectivity index (χ4n) is 3.72. The van der Waals surface area contributed by atoms with E-state index in [-0.39, 0.29) is 5.75 Å². The van der Waals surface area contributed by atoms with Gasteiger partial charge in [0.05, 0.1) is 25.9 Å². The van der Waals surface area contributed by atoms with E-state index in [9.17, 15) is 9.18 Å². The number of urea groups is 1. The summed E-state index contributed by atoms with van der Waals surface area (Å²) in [5, 5.41) is 6.13. The zero-order valence-electron chi connectivity index (χ0n) is 21.0. The average molecular weight is 527 g/mol. The van der Waals surface area contributed by atoms with Crippen LogP contribution in [-0.2, 0) is 0 Å². The zero-order valence-corrected chi connectivity index (χ0v) is 21.0. The molecule has 0 aliphatic carbocycles. The van der Waals surface area contributed by atoms with Gasteiger partial charge in [0, 0.05) is 23.3 Å². The number of para-hydroxylation sites is 1. The smallest absolute Gasteiger partial charge is 0.324 e. The number of nitrogens with zero attached hydrogens (tertiary/aromatic N) is 2. The van der Waals surface area contributed by atoms with E-state index < -0.39 is 11.8 Å². The lowest BCUT2D eigenvalue weighted by Crippen LogP contribution is -2.19. The van der Waals surface area contributed by atoms with E-state index in [4.69, 9.17) is 18.9 Å². The molecule has 5 aromatic rings. The van der Waals surface area contributed by atoms with Crippen LogP contribution in [0.2, 0.25) is 0 Å². The second-order valence-electron chi connectivity index (χ2n) is 8.15. The van der Waals surface area contributed by atoms with Gasteiger partial charge in [0.2, 0.25) is 0 Å². The maximum absolute atomic E-state index is 13.8. The Morgan fingerprint density at radius 3 is 2.18 bits per heavy atom. The molecule has 39 heavy (non-hydrogen) atoms. The number of hydrogen-bond acceptors (Lipinski definition) is 7. The molecule has 2 N–H and O–H groups in total. The number of hydrogen-bond donors (Lipinski definition) is 2. The number of anilines is 2. The molecule has 0 saturated carbocycles. The van der Waals surface area contributed by atoms with Gasteiger partial charge in [-0.3, -0.25) is 10.3 Å². The molecular weight excluding hydrogens is 503 g/mol. The molecule has 3 aromatic carbocycles. The van der Waals surface area contributed by atoms with Crippen molar-refractivity contribution in [3.8, 4) is 34.5 Å². The van der Waals surface area contributed by atoms with Gasteiger partial charge in [0.25, 0.3) is 0 Å². The molecule has 0 saturated heterocycles. The zero-order chi connectivity index (χ0) is 27.2. The molecule has 2 amide bonds. The molecule has 0 aliphatic rings. The molecule has 0 radical (unpaired) electrons. The number of halogens is 1. The highest BCUT2D eigenvalue weighted by molar-refractivity contribution is 5.99. The summed E-state index contributed by atoms with van der Waals surface area (Å²) in [5.41, 5.74) is 1.24. The van der Waals surface area contributed by atoms with Crippen molar-refractivity contribution in [3.05, 3.63) is 97.1 Å². The van der Waals surface area contributed by atoms with Crippen molar-refractivity contribution in [1.29, 1.82) is 0 Å². The molecular formula is C29H23FN4O5. The number of carbonyl (C=O) groups is 1. The Bertz CT molecular complexity index is 1610. The van der Waals surface area contributed by atoms with Crippen LogP contribution in [0, 0.1) is 5.82 Å². The molecule has 196 valence electrons. The van der Waals surface area contributed by atoms with Crippen molar-refractivity contribution in [3.63, 3.8) is 0 Å². The summed E-state index contributed by atoms with van der Waals surface area (Å²) in [6.45, 7) is 0. The highest BCUT2D eigenvalue weighted by Crippen LogP contribution is 2.37. The minimum atomic E-state index is -0.486. The normalized spacial score (nSPS) is 10.5. The predicted molar refractivity (Wildman–Crippen MR) is 145 cm³/mol. The fourth-order valence-corrected chi connectivity index (χ4v) is 3.72. The van der Waals surface area contributed by atoms with E-state index in [1.54, 1.807) is 81.1 Å². The van der Waals surface area contributed by atoms with Gasteiger partial charge in [-0.25, -0.2) is 14.2 Å². The van der Waals surface area contributed by atoms with Crippen LogP contribution in [0.5, 0.6) is 34.5 Å². The molecule has 0 aliphatic heterocycles. The summed E-state index contributed by atoms with van der Waals surface area (Å²) >= 11 is 0. The van der Waals surface area contributed by atoms with Gasteiger partial charge >= 0.3 is 6.03 Å². The Morgan fingerprint density at radius 2 is 1.46 bits per heavy atom. The molecule has 0 unspecified atom stereocenters. The van der Waals surface area contributed by atoms with Gasteiger partial charge in [0.1, 0.15) is 23.1 Å². The minimum Gasteiger partial charge on any atom is -0.493 e. The Balaban J connectivity index is 1.20. The molecule has 0 spiro atoms. The Hall–Kier alpha value is -5.38. The minimum absolute atomic E-state index is 0.0854. The van der Waals surface area contributed by atoms with Crippen LogP contribution in [0.3, 0.4) is 0 Å². The lowest BCUT2D eigenvalue weighted by molar-refractivity contribution is 0.262. The van der Waals surface area contributed by atoms with Crippen LogP contribution >= 0.6 is 0 Å². The second kappa shape index (κ2) is 11.3. The number of pyridine rings is 2. The van der Waals surface area contributed by atoms with Gasteiger partial charge in [-0.15, -0.1) is 0 Å². The molecule has 2 aromatic heterocycles. The maximum Gasteiger partial charge on any atom is 0.324 e. The summed E-state index contributed by atoms with van der Waals surface area (Å²) in [5.74, 6) is 2.53. The van der Waals surface area contributed by atoms with Crippen molar-refractivity contribution >= 4 is 28.4 Å². The number of nitrogens with one attached hydrogen (secondary N) is 2. The summed E-state index contributed by atoms with van der Waals surface area (Å²) in [7, 11) is 3.13. The van der Waals surface area contributed by atoms with Crippen molar-refractivity contribution < 1.29 is 28.1 Å². The molecule has 10 heteroatoms. The summed E-state index contributed by atoms with van der Waals surface area (Å²) in [6.07, 6.45) is 3.04. The topological polar surface area (TPSA) is 104 Å². The van der Waals surface area contributed by atoms with E-state index in [0.29, 0.717) is 45.8 Å². The number of ether oxygens (including phenoxy) is 4. The third kappa shape index (κ3) is 5.96. The maximum atomic E-state index is 13.8. The van der Waals surface area contributed by atoms with Crippen LogP contribution < -0.4 is 29.6 Å². The Morgan fingerprint density at radius 1 is 0.744 bits per heavy atom. The Kier molecular flexibility index (Phi) is 7.35. The number of fused-ring (bicyclic) bond motifs is 1. The first kappa shape index (κ1) is 25.3. The monoisotopic (exact) mass is 526 g/mol. The van der Waals surface area contributed by atoms with Crippen molar-refractivity contribution in [2.24, 2.45) is 0 Å². The van der Waals surface area contributed by atoms with Crippen molar-refractivity contribution in [2.75, 3.05) is 24.9 Å². The van der Waals surface area contributed by atoms with E-state index in [1.807, 2.05) is 6.07 Å². The van der Waals surface area contributed by atoms with Crippen molar-refractivity contribution in [2.45, 2.75) is 0 Å². The molecule has 9 nitrogen and oxygen atoms in total. The lowest BCUT2D eigenvalue weighted by Gasteiger charge is -2.13. The first-order valence-corrected chi connectivity index (χ1v) is 11.8. The summed E-state index contributed by atoms with van der Waals surface area (Å²) < 4.78 is 36.0. The van der Waals surface area contributed by atoms with Crippen molar-refractivity contribution in [1.82, 2.24) is 9.97 Å². The SMILES string of the molecule is COc1cc2nccc(Oc3ccc(NC(=O)Nc4ccc(Oc5ccccc5F)cn4)cc3)c2cc1OC. The highest BCUT2D eigenvalue weighted by atomic mass is 19.1. The third-order valence-electron chi connectivity index (χ3n) is 5.59. The quantitative estimate of drug-likeness (QED) is 0.224. The van der Waals surface area contributed by atoms with Gasteiger partial charge < -0.3 is 24.3 Å². The van der Waals surface area contributed by atoms with E-state index in [2.05, 4.69) is 20.6 Å². The molecule has 0 fully saturated rings. The number of carbonyl (C=O) groups excluding carboxylic acids is 1. The second-order valence-corrected chi connectivity index (χ2v) is 8.15. The Labute approximate surface area is 223 Å². The average Bonchev–Trinajstić information content (AvgIpc) is 2.95. The number of amides is 2. The first-order valence-electron chi connectivity index (χ1n) is 11.8. The van der Waals surface area contributed by atoms with Gasteiger partial charge in [-0.2, -0.15) is 0 Å². The highest BCUT2D eigenvalue weighted by Gasteiger charge is 2.12. The summed E-state index contributed by atoms with van der Waals surface area (Å²) in [4.78, 5) is 20.9. The fraction of sp³-hybridized carbons (Fsp3) is 0.0690. The third-order valence-corrected chi connectivity index (χ3v) is 5.59. The number of methoxy groups -OCH3 is 2. The number of rotatable bonds is 8. The van der Waals surface area contributed by atoms with Crippen LogP contribution in [0.1, 0.15) is 0 Å². The van der Waals surface area contributed by atoms with E-state index in [1.165, 1.54) is 18.3 Å². The van der Waals surface area contributed by atoms with Crippen LogP contribution in [0.4, 0.5) is 20.7 Å². The largest absolute Gasteiger partial charge is 0.493 e. The molecule has 0 atom stereocenters. The summed E-state index contributed by atoms with van der Waals surface area (Å²) in [6, 6.07) is 20.9. The molecule has 2 heterocycles. The number of benzene rings is 3. The molecule has 0 bridgehead atoms. The van der Waals surface area contributed by atoms with E-state index in [0.717, 1.165) is 5.39 Å². The van der Waals surface area contributed by atoms with Crippen LogP contribution in [-0.4, -0.2) is 30.2 Å². The van der Waals surface area contributed by atoms with Crippen LogP contribution in [0.15, 0.2) is 91.3 Å². The first-order chi connectivity index (χ1) is 19.0. The lowest BCUT2D eigenvalue weighted by atomic mass is 10.2. The van der Waals surface area contributed by atoms with Gasteiger partial charge in [0.15, 0.2) is 23.1 Å². The number of aromatic nitrogens is 2.